The minimum absolute atomic E-state index is 0.829. The fourth-order valence-electron chi connectivity index (χ4n) is 19.2. The van der Waals surface area contributed by atoms with Crippen LogP contribution in [-0.2, 0) is 128 Å². The van der Waals surface area contributed by atoms with E-state index in [2.05, 4.69) is 16.0 Å². The van der Waals surface area contributed by atoms with Crippen molar-refractivity contribution in [2.24, 2.45) is 0 Å². The summed E-state index contributed by atoms with van der Waals surface area (Å²) >= 11 is 0. The lowest BCUT2D eigenvalue weighted by Crippen LogP contribution is -2.72. The summed E-state index contributed by atoms with van der Waals surface area (Å²) in [6.07, 6.45) is -134. The van der Waals surface area contributed by atoms with Crippen LogP contribution in [-0.4, -0.2) is 657 Å². The molecule has 0 spiro atoms. The smallest absolute Gasteiger partial charge is 0.364 e. The number of aliphatic hydroxyl groups excluding tert-OH is 34. The highest BCUT2D eigenvalue weighted by molar-refractivity contribution is 5.78. The molecule has 11 saturated heterocycles. The van der Waals surface area contributed by atoms with Crippen LogP contribution >= 0.6 is 0 Å². The first-order chi connectivity index (χ1) is 70.1. The summed E-state index contributed by atoms with van der Waals surface area (Å²) in [5.74, 6) is -20.8. The number of hydrogen-bond acceptors (Lipinski definition) is 62. The summed E-state index contributed by atoms with van der Waals surface area (Å²) < 4.78 is 125. The molecule has 68 nitrogen and oxygen atoms in total. The molecule has 0 aliphatic carbocycles. The van der Waals surface area contributed by atoms with E-state index in [9.17, 15) is 223 Å². The van der Waals surface area contributed by atoms with Gasteiger partial charge in [-0.25, -0.2) is 14.4 Å². The van der Waals surface area contributed by atoms with Crippen LogP contribution in [0, 0.1) is 0 Å². The summed E-state index contributed by atoms with van der Waals surface area (Å²) in [5, 5.41) is 436. The third-order valence-corrected chi connectivity index (χ3v) is 27.0. The second kappa shape index (κ2) is 52.4. The predicted molar refractivity (Wildman–Crippen MR) is 449 cm³/mol. The van der Waals surface area contributed by atoms with Crippen molar-refractivity contribution in [1.29, 1.82) is 0 Å². The molecule has 58 atom stereocenters. The number of carbonyl (C=O) groups excluding carboxylic acids is 3. The average Bonchev–Trinajstić information content (AvgIpc) is 0.742. The summed E-state index contributed by atoms with van der Waals surface area (Å²) in [5.41, 5.74) is 0. The number of rotatable bonds is 43. The first kappa shape index (κ1) is 124. The van der Waals surface area contributed by atoms with Crippen LogP contribution < -0.4 is 16.0 Å². The maximum Gasteiger partial charge on any atom is 0.364 e. The van der Waals surface area contributed by atoms with Crippen molar-refractivity contribution in [3.8, 4) is 0 Å². The molecule has 0 aromatic heterocycles. The molecule has 0 bridgehead atoms. The van der Waals surface area contributed by atoms with Crippen LogP contribution in [0.15, 0.2) is 0 Å². The van der Waals surface area contributed by atoms with Gasteiger partial charge in [-0.3, -0.25) is 14.4 Å². The molecule has 862 valence electrons. The van der Waals surface area contributed by atoms with E-state index in [4.69, 9.17) is 99.5 Å². The Morgan fingerprint density at radius 1 is 0.282 bits per heavy atom. The molecule has 0 radical (unpaired) electrons. The first-order valence-electron chi connectivity index (χ1n) is 46.6. The van der Waals surface area contributed by atoms with Crippen molar-refractivity contribution in [2.45, 2.75) is 394 Å². The Bertz CT molecular complexity index is 4250. The van der Waals surface area contributed by atoms with Gasteiger partial charge in [0, 0.05) is 40.0 Å². The van der Waals surface area contributed by atoms with Crippen molar-refractivity contribution < 1.29 is 322 Å². The molecular formula is C81H133N3O65. The molecule has 3 amide bonds. The zero-order chi connectivity index (χ0) is 111. The summed E-state index contributed by atoms with van der Waals surface area (Å²) in [4.78, 5) is 78.5. The van der Waals surface area contributed by atoms with Crippen molar-refractivity contribution in [3.05, 3.63) is 0 Å². The Labute approximate surface area is 838 Å². The largest absolute Gasteiger partial charge is 0.477 e. The lowest BCUT2D eigenvalue weighted by atomic mass is 9.88. The number of aliphatic hydroxyl groups is 35. The van der Waals surface area contributed by atoms with E-state index in [-0.39, 0.29) is 0 Å². The Hall–Kier alpha value is -5.42. The van der Waals surface area contributed by atoms with E-state index in [1.807, 2.05) is 0 Å². The van der Waals surface area contributed by atoms with Gasteiger partial charge in [0.05, 0.1) is 97.0 Å². The summed E-state index contributed by atoms with van der Waals surface area (Å²) in [7, 11) is 0. The topological polar surface area (TPSA) is 1100 Å². The molecule has 0 aromatic rings. The number of aliphatic carboxylic acids is 3. The Balaban J connectivity index is 0.949. The number of amides is 3. The molecule has 11 aliphatic rings. The lowest BCUT2D eigenvalue weighted by molar-refractivity contribution is -0.425. The van der Waals surface area contributed by atoms with Gasteiger partial charge in [0.15, 0.2) is 50.3 Å². The van der Waals surface area contributed by atoms with Gasteiger partial charge in [0.25, 0.3) is 17.4 Å². The standard InChI is InChI=1S/C81H133N3O65/c1-18(96)82-35-21(99)4-81(78(126)127,148-61(35)39(107)23(101)7-85)149-63-43(111)32(15-93)132-73(52(63)120)137-58-33(16-94)133-69(37(45(58)113)84-20(3)98)140-62-42(110)31(14-92)131-72(51(62)119)138-59-34(17-95)134-71(49(117)47(59)115)143-66-56(26(104)10-88)136-74(139-60-28(6-79(128,76(122)123)146-57(60)27(105)11-89)145-80(77(124)125)5-22(100)38(106)55(147-80)25(103)9-87)53(121)65(66)142-75-67(144-68-36(83-19(2)97)44(112)40(108)29(12-90)129-68)64(50(118)54(135-75)24(102)8-86)141-70-48(116)46(114)41(109)30(13-91)130-70/h21-75,85-95,99-121,128H,4-17H2,1-3H3,(H,82,96)(H,83,97)(H,84,98)(H,122,123)(H,124,125)(H,126,127)/t21-,22+,23+,24-,25+,26-,27+,28+,29+,30+,31+,32+,33+,34+,35+,36+,37+,38+,39+,40+,41+,42-,43-,44+,45+,46-,47+,48+,49+,50+,51+,52+,53-,54+,55+,56+,57+,58+,59+,60+,61+,62-,63-,64-,65+,66+,67-,68+,69-,70+,71-,72-,73-,74+,75+,79+,80+,81-/m0/s1. The molecule has 11 aliphatic heterocycles. The highest BCUT2D eigenvalue weighted by Gasteiger charge is 2.68. The van der Waals surface area contributed by atoms with Crippen molar-refractivity contribution in [3.63, 3.8) is 0 Å². The number of hydrogen-bond donors (Lipinski definition) is 41. The highest BCUT2D eigenvalue weighted by Crippen LogP contribution is 2.47. The van der Waals surface area contributed by atoms with Crippen LogP contribution in [0.5, 0.6) is 0 Å². The van der Waals surface area contributed by atoms with Gasteiger partial charge in [0.1, 0.15) is 262 Å². The number of ether oxygens (including phenoxy) is 21. The van der Waals surface area contributed by atoms with Crippen molar-refractivity contribution in [1.82, 2.24) is 16.0 Å². The van der Waals surface area contributed by atoms with E-state index < -0.39 is 482 Å². The molecule has 0 unspecified atom stereocenters. The second-order valence-corrected chi connectivity index (χ2v) is 37.3. The van der Waals surface area contributed by atoms with E-state index in [0.29, 0.717) is 0 Å². The van der Waals surface area contributed by atoms with Gasteiger partial charge >= 0.3 is 17.9 Å². The van der Waals surface area contributed by atoms with Crippen molar-refractivity contribution in [2.75, 3.05) is 72.7 Å². The maximum atomic E-state index is 13.7. The molecule has 0 saturated carbocycles. The fraction of sp³-hybridized carbons (Fsp3) is 0.926. The number of carbonyl (C=O) groups is 6. The summed E-state index contributed by atoms with van der Waals surface area (Å²) in [6.45, 7) is -12.7. The third kappa shape index (κ3) is 26.4. The first-order valence-corrected chi connectivity index (χ1v) is 46.6. The normalized spacial score (nSPS) is 47.3. The Morgan fingerprint density at radius 3 is 1.14 bits per heavy atom. The molecule has 149 heavy (non-hydrogen) atoms. The lowest BCUT2D eigenvalue weighted by Gasteiger charge is -2.53. The van der Waals surface area contributed by atoms with Crippen LogP contribution in [0.2, 0.25) is 0 Å². The summed E-state index contributed by atoms with van der Waals surface area (Å²) in [6, 6.07) is -6.07. The minimum Gasteiger partial charge on any atom is -0.477 e. The molecular weight excluding hydrogens is 2050 g/mol. The number of carboxylic acid groups (broad SMARTS) is 3. The maximum absolute atomic E-state index is 13.7. The Morgan fingerprint density at radius 2 is 0.638 bits per heavy atom. The van der Waals surface area contributed by atoms with E-state index in [1.54, 1.807) is 0 Å². The third-order valence-electron chi connectivity index (χ3n) is 27.0. The second-order valence-electron chi connectivity index (χ2n) is 37.3. The number of nitrogens with one attached hydrogen (secondary N) is 3. The zero-order valence-corrected chi connectivity index (χ0v) is 78.7. The fourth-order valence-corrected chi connectivity index (χ4v) is 19.2. The highest BCUT2D eigenvalue weighted by atomic mass is 16.8. The van der Waals surface area contributed by atoms with Gasteiger partial charge in [-0.15, -0.1) is 0 Å². The predicted octanol–water partition coefficient (Wildman–Crippen LogP) is -26.9. The van der Waals surface area contributed by atoms with Gasteiger partial charge < -0.3 is 309 Å². The van der Waals surface area contributed by atoms with Gasteiger partial charge in [0.2, 0.25) is 17.7 Å². The van der Waals surface area contributed by atoms with Crippen LogP contribution in [0.4, 0.5) is 0 Å². The van der Waals surface area contributed by atoms with E-state index in [1.165, 1.54) is 0 Å². The molecule has 11 fully saturated rings. The van der Waals surface area contributed by atoms with E-state index >= 15 is 0 Å². The number of carboxylic acids is 3. The minimum atomic E-state index is -3.79. The van der Waals surface area contributed by atoms with Crippen molar-refractivity contribution >= 4 is 35.6 Å². The quantitative estimate of drug-likeness (QED) is 0.0270. The molecule has 11 rings (SSSR count). The Kier molecular flexibility index (Phi) is 43.5. The van der Waals surface area contributed by atoms with Gasteiger partial charge in [-0.1, -0.05) is 0 Å². The zero-order valence-electron chi connectivity index (χ0n) is 78.7. The van der Waals surface area contributed by atoms with E-state index in [0.717, 1.165) is 20.8 Å². The van der Waals surface area contributed by atoms with Gasteiger partial charge in [-0.2, -0.15) is 0 Å². The average molecular weight is 2190 g/mol. The van der Waals surface area contributed by atoms with Gasteiger partial charge in [-0.05, 0) is 0 Å². The molecule has 11 heterocycles. The monoisotopic (exact) mass is 2190 g/mol. The van der Waals surface area contributed by atoms with Crippen LogP contribution in [0.1, 0.15) is 40.0 Å². The van der Waals surface area contributed by atoms with Crippen LogP contribution in [0.25, 0.3) is 0 Å². The SMILES string of the molecule is CC(=O)N[C@H]1[C@H](O[C@H]2[C@@H](O)[C@@H](CO)O[C@@H](O[C@H]3[C@H](O)[C@@H](O)[C@H](O[C@H]4[C@H](O[C@H]5O[C@H]([C@@H](O)CO)[C@@H](O)[C@H](O[C@H]6O[C@H](CO)[C@@H](O)[C@H](O)[C@H]6O)[C@@H]5O[C@H]5O[C@H](CO)[C@@H](O)[C@H](O)[C@H]5NC(C)=O)[C@H](O)[C@@H](O[C@H]5[C@@H]([C@H](O)CO)O[C@@](O)(C(=O)O)C[C@H]5O[C@]5(C(=O)O)C[C@@H](O)[C@@H](O)[C@@H]([C@H](O)CO)O5)O[C@@H]4[C@@H](O)CO)O[C@@H]3CO)[C@@H]2O)O[C@H](CO)[C@@H](O[C@@H]2O[C@H](CO)[C@H](O)[C@H](O[C@]3(C(=O)O)C[C@H](O)[C@@H](NC(C)=O)[C@H]([C@H](O)[C@H](O)CO)O3)[C@H]2O)[C@@H]1O. The molecule has 0 aromatic carbocycles. The molecule has 68 heteroatoms. The molecule has 41 N–H and O–H groups in total. The van der Waals surface area contributed by atoms with Crippen LogP contribution in [0.3, 0.4) is 0 Å².